The van der Waals surface area contributed by atoms with Crippen LogP contribution in [0.4, 0.5) is 24.8 Å². The standard InChI is InChI=1S/C22H22F3N5O3S/c1-12-8-14(10-15(9-12)29-21-26-7-6-17(30-21)22(23,24)25)16-11-27-19(34-16)5-4-18(31)28-13(2)20(32)33-3/h6-11,13H,4-5H2,1-3H3,(H,28,31)(H,26,29,30). The highest BCUT2D eigenvalue weighted by atomic mass is 32.1. The Labute approximate surface area is 197 Å². The Morgan fingerprint density at radius 3 is 2.68 bits per heavy atom. The lowest BCUT2D eigenvalue weighted by Gasteiger charge is -2.11. The van der Waals surface area contributed by atoms with Crippen LogP contribution in [0.25, 0.3) is 10.4 Å². The number of ether oxygens (including phenoxy) is 1. The molecule has 0 aliphatic carbocycles. The summed E-state index contributed by atoms with van der Waals surface area (Å²) in [6, 6.07) is 5.52. The van der Waals surface area contributed by atoms with Crippen LogP contribution in [0.5, 0.6) is 0 Å². The Kier molecular flexibility index (Phi) is 7.82. The van der Waals surface area contributed by atoms with Gasteiger partial charge in [0.2, 0.25) is 11.9 Å². The maximum atomic E-state index is 12.9. The van der Waals surface area contributed by atoms with E-state index in [0.717, 1.165) is 33.3 Å². The van der Waals surface area contributed by atoms with E-state index in [-0.39, 0.29) is 18.3 Å². The van der Waals surface area contributed by atoms with Crippen LogP contribution in [0.15, 0.2) is 36.7 Å². The number of nitrogens with zero attached hydrogens (tertiary/aromatic N) is 3. The van der Waals surface area contributed by atoms with E-state index in [1.807, 2.05) is 13.0 Å². The second-order valence-electron chi connectivity index (χ2n) is 7.41. The first kappa shape index (κ1) is 25.1. The molecule has 0 radical (unpaired) electrons. The largest absolute Gasteiger partial charge is 0.467 e. The van der Waals surface area contributed by atoms with Crippen molar-refractivity contribution in [2.24, 2.45) is 0 Å². The summed E-state index contributed by atoms with van der Waals surface area (Å²) in [5.41, 5.74) is 1.18. The van der Waals surface area contributed by atoms with Crippen molar-refractivity contribution >= 4 is 34.8 Å². The molecule has 2 N–H and O–H groups in total. The minimum absolute atomic E-state index is 0.155. The van der Waals surface area contributed by atoms with Crippen molar-refractivity contribution in [3.05, 3.63) is 52.9 Å². The molecule has 34 heavy (non-hydrogen) atoms. The van der Waals surface area contributed by atoms with Gasteiger partial charge in [-0.25, -0.2) is 19.7 Å². The highest BCUT2D eigenvalue weighted by Crippen LogP contribution is 2.31. The molecule has 180 valence electrons. The zero-order valence-electron chi connectivity index (χ0n) is 18.6. The monoisotopic (exact) mass is 493 g/mol. The molecule has 0 fully saturated rings. The number of carbonyl (C=O) groups excluding carboxylic acids is 2. The van der Waals surface area contributed by atoms with Crippen LogP contribution in [0.2, 0.25) is 0 Å². The SMILES string of the molecule is COC(=O)C(C)NC(=O)CCc1ncc(-c2cc(C)cc(Nc3nccc(C(F)(F)F)n3)c2)s1. The molecule has 0 saturated carbocycles. The van der Waals surface area contributed by atoms with Crippen molar-refractivity contribution in [3.8, 4) is 10.4 Å². The van der Waals surface area contributed by atoms with Gasteiger partial charge < -0.3 is 15.4 Å². The van der Waals surface area contributed by atoms with Gasteiger partial charge in [-0.1, -0.05) is 6.07 Å². The van der Waals surface area contributed by atoms with E-state index < -0.39 is 23.9 Å². The maximum Gasteiger partial charge on any atom is 0.433 e. The van der Waals surface area contributed by atoms with E-state index in [1.165, 1.54) is 18.4 Å². The number of alkyl halides is 3. The summed E-state index contributed by atoms with van der Waals surface area (Å²) in [7, 11) is 1.25. The Morgan fingerprint density at radius 1 is 1.21 bits per heavy atom. The Morgan fingerprint density at radius 2 is 1.97 bits per heavy atom. The topological polar surface area (TPSA) is 106 Å². The predicted molar refractivity (Wildman–Crippen MR) is 121 cm³/mol. The summed E-state index contributed by atoms with van der Waals surface area (Å²) in [6.07, 6.45) is -1.30. The van der Waals surface area contributed by atoms with Gasteiger partial charge >= 0.3 is 12.1 Å². The lowest BCUT2D eigenvalue weighted by Crippen LogP contribution is -2.39. The number of nitrogens with one attached hydrogen (secondary N) is 2. The number of rotatable bonds is 8. The number of halogens is 3. The maximum absolute atomic E-state index is 12.9. The molecule has 1 unspecified atom stereocenters. The van der Waals surface area contributed by atoms with E-state index in [2.05, 4.69) is 30.3 Å². The van der Waals surface area contributed by atoms with E-state index >= 15 is 0 Å². The quantitative estimate of drug-likeness (QED) is 0.451. The van der Waals surface area contributed by atoms with Gasteiger partial charge in [0.05, 0.1) is 17.0 Å². The fourth-order valence-corrected chi connectivity index (χ4v) is 3.94. The first-order valence-corrected chi connectivity index (χ1v) is 11.0. The van der Waals surface area contributed by atoms with Crippen LogP contribution < -0.4 is 10.6 Å². The molecule has 3 rings (SSSR count). The van der Waals surface area contributed by atoms with Crippen LogP contribution in [0.1, 0.15) is 29.6 Å². The number of esters is 1. The smallest absolute Gasteiger partial charge is 0.433 e. The van der Waals surface area contributed by atoms with Crippen LogP contribution in [0.3, 0.4) is 0 Å². The molecular weight excluding hydrogens is 471 g/mol. The van der Waals surface area contributed by atoms with Gasteiger partial charge in [0.15, 0.2) is 0 Å². The molecule has 0 aliphatic heterocycles. The van der Waals surface area contributed by atoms with E-state index in [0.29, 0.717) is 12.1 Å². The molecule has 3 aromatic rings. The zero-order chi connectivity index (χ0) is 24.9. The molecule has 0 spiro atoms. The third-order valence-corrected chi connectivity index (χ3v) is 5.72. The van der Waals surface area contributed by atoms with Crippen molar-refractivity contribution in [1.29, 1.82) is 0 Å². The summed E-state index contributed by atoms with van der Waals surface area (Å²) >= 11 is 1.40. The highest BCUT2D eigenvalue weighted by Gasteiger charge is 2.32. The minimum Gasteiger partial charge on any atom is -0.467 e. The van der Waals surface area contributed by atoms with Crippen LogP contribution in [-0.2, 0) is 26.9 Å². The van der Waals surface area contributed by atoms with Crippen molar-refractivity contribution in [2.75, 3.05) is 12.4 Å². The number of aryl methyl sites for hydroxylation is 2. The second-order valence-corrected chi connectivity index (χ2v) is 8.52. The number of hydrogen-bond acceptors (Lipinski definition) is 8. The van der Waals surface area contributed by atoms with Crippen LogP contribution in [0, 0.1) is 6.92 Å². The molecule has 0 saturated heterocycles. The van der Waals surface area contributed by atoms with Crippen molar-refractivity contribution in [1.82, 2.24) is 20.3 Å². The summed E-state index contributed by atoms with van der Waals surface area (Å²) in [4.78, 5) is 36.0. The number of aromatic nitrogens is 3. The number of hydrogen-bond donors (Lipinski definition) is 2. The number of amides is 1. The van der Waals surface area contributed by atoms with Gasteiger partial charge in [0.25, 0.3) is 0 Å². The number of anilines is 2. The number of thiazole rings is 1. The van der Waals surface area contributed by atoms with Gasteiger partial charge in [-0.05, 0) is 43.2 Å². The van der Waals surface area contributed by atoms with Crippen molar-refractivity contribution < 1.29 is 27.5 Å². The number of carbonyl (C=O) groups is 2. The van der Waals surface area contributed by atoms with Crippen LogP contribution in [-0.4, -0.2) is 40.0 Å². The fourth-order valence-electron chi connectivity index (χ4n) is 3.03. The summed E-state index contributed by atoms with van der Waals surface area (Å²) in [5.74, 6) is -0.981. The van der Waals surface area contributed by atoms with Crippen molar-refractivity contribution in [3.63, 3.8) is 0 Å². The number of benzene rings is 1. The Bertz CT molecular complexity index is 1180. The molecule has 0 bridgehead atoms. The molecular formula is C22H22F3N5O3S. The normalized spacial score (nSPS) is 12.2. The zero-order valence-corrected chi connectivity index (χ0v) is 19.4. The summed E-state index contributed by atoms with van der Waals surface area (Å²) < 4.78 is 43.3. The van der Waals surface area contributed by atoms with Gasteiger partial charge in [0, 0.05) is 30.9 Å². The van der Waals surface area contributed by atoms with Gasteiger partial charge in [-0.2, -0.15) is 13.2 Å². The molecule has 2 heterocycles. The first-order valence-electron chi connectivity index (χ1n) is 10.2. The van der Waals surface area contributed by atoms with E-state index in [9.17, 15) is 22.8 Å². The molecule has 8 nitrogen and oxygen atoms in total. The predicted octanol–water partition coefficient (Wildman–Crippen LogP) is 4.28. The Balaban J connectivity index is 1.69. The van der Waals surface area contributed by atoms with Crippen molar-refractivity contribution in [2.45, 2.75) is 38.9 Å². The van der Waals surface area contributed by atoms with Gasteiger partial charge in [0.1, 0.15) is 11.7 Å². The van der Waals surface area contributed by atoms with E-state index in [1.54, 1.807) is 25.3 Å². The molecule has 1 atom stereocenters. The minimum atomic E-state index is -4.57. The second kappa shape index (κ2) is 10.6. The molecule has 1 aromatic carbocycles. The first-order chi connectivity index (χ1) is 16.0. The lowest BCUT2D eigenvalue weighted by atomic mass is 10.1. The van der Waals surface area contributed by atoms with E-state index in [4.69, 9.17) is 0 Å². The Hall–Kier alpha value is -3.54. The number of methoxy groups -OCH3 is 1. The molecule has 0 aliphatic rings. The highest BCUT2D eigenvalue weighted by molar-refractivity contribution is 7.15. The molecule has 1 amide bonds. The average molecular weight is 494 g/mol. The average Bonchev–Trinajstić information content (AvgIpc) is 3.25. The fraction of sp³-hybridized carbons (Fsp3) is 0.318. The summed E-state index contributed by atoms with van der Waals surface area (Å²) in [5, 5.41) is 6.11. The summed E-state index contributed by atoms with van der Waals surface area (Å²) in [6.45, 7) is 3.40. The van der Waals surface area contributed by atoms with Crippen LogP contribution >= 0.6 is 11.3 Å². The molecule has 12 heteroatoms. The third kappa shape index (κ3) is 6.73. The van der Waals surface area contributed by atoms with Gasteiger partial charge in [-0.15, -0.1) is 11.3 Å². The lowest BCUT2D eigenvalue weighted by molar-refractivity contribution is -0.144. The molecule has 2 aromatic heterocycles. The third-order valence-electron chi connectivity index (χ3n) is 4.62. The van der Waals surface area contributed by atoms with Gasteiger partial charge in [-0.3, -0.25) is 4.79 Å².